The van der Waals surface area contributed by atoms with Crippen molar-refractivity contribution in [2.24, 2.45) is 5.73 Å². The number of carbonyl (C=O) groups is 1. The molecule has 0 heterocycles. The Kier molecular flexibility index (Phi) is 5.86. The first kappa shape index (κ1) is 19.7. The zero-order chi connectivity index (χ0) is 19.6. The Morgan fingerprint density at radius 3 is 1.81 bits per heavy atom. The van der Waals surface area contributed by atoms with Crippen LogP contribution in [-0.4, -0.2) is 10.1 Å². The van der Waals surface area contributed by atoms with Crippen molar-refractivity contribution in [3.8, 4) is 0 Å². The van der Waals surface area contributed by atoms with E-state index in [4.69, 9.17) is 5.73 Å². The van der Waals surface area contributed by atoms with Gasteiger partial charge in [0.1, 0.15) is 10.7 Å². The van der Waals surface area contributed by atoms with Crippen molar-refractivity contribution in [3.63, 3.8) is 0 Å². The highest BCUT2D eigenvalue weighted by atomic mass is 32.2. The van der Waals surface area contributed by atoms with Crippen molar-refractivity contribution in [1.82, 2.24) is 0 Å². The van der Waals surface area contributed by atoms with Gasteiger partial charge in [0.05, 0.1) is 22.1 Å². The fourth-order valence-electron chi connectivity index (χ4n) is 1.94. The second kappa shape index (κ2) is 7.73. The first-order valence-corrected chi connectivity index (χ1v) is 8.11. The normalized spacial score (nSPS) is 12.9. The van der Waals surface area contributed by atoms with Crippen LogP contribution in [-0.2, 0) is 21.3 Å². The van der Waals surface area contributed by atoms with Crippen LogP contribution in [0.1, 0.15) is 11.1 Å². The summed E-state index contributed by atoms with van der Waals surface area (Å²) in [5, 5.41) is 0. The Morgan fingerprint density at radius 1 is 0.885 bits per heavy atom. The minimum absolute atomic E-state index is 0.248. The van der Waals surface area contributed by atoms with Crippen LogP contribution in [0.2, 0.25) is 0 Å². The zero-order valence-electron chi connectivity index (χ0n) is 12.7. The van der Waals surface area contributed by atoms with Crippen molar-refractivity contribution >= 4 is 22.8 Å². The average molecular weight is 393 g/mol. The summed E-state index contributed by atoms with van der Waals surface area (Å²) in [5.74, 6) is -13.6. The molecule has 0 saturated carbocycles. The molecule has 0 fully saturated rings. The van der Waals surface area contributed by atoms with Gasteiger partial charge >= 0.3 is 0 Å². The molecule has 2 N–H and O–H groups in total. The quantitative estimate of drug-likeness (QED) is 0.367. The number of benzene rings is 2. The van der Waals surface area contributed by atoms with Gasteiger partial charge in [0.2, 0.25) is 5.82 Å². The van der Waals surface area contributed by atoms with E-state index in [1.807, 2.05) is 0 Å². The van der Waals surface area contributed by atoms with Crippen LogP contribution in [0.25, 0.3) is 6.08 Å². The monoisotopic (exact) mass is 393 g/mol. The summed E-state index contributed by atoms with van der Waals surface area (Å²) in [6.07, 6.45) is 0.248. The lowest BCUT2D eigenvalue weighted by Crippen LogP contribution is -2.19. The molecule has 0 aliphatic heterocycles. The topological polar surface area (TPSA) is 60.2 Å². The summed E-state index contributed by atoms with van der Waals surface area (Å²) in [6, 6.07) is 4.57. The van der Waals surface area contributed by atoms with Gasteiger partial charge in [-0.2, -0.15) is 0 Å². The number of rotatable bonds is 5. The molecule has 10 heteroatoms. The van der Waals surface area contributed by atoms with Gasteiger partial charge < -0.3 is 5.73 Å². The molecule has 138 valence electrons. The maximum absolute atomic E-state index is 13.7. The number of nitrogens with two attached hydrogens (primary N) is 1. The van der Waals surface area contributed by atoms with Crippen molar-refractivity contribution < 1.29 is 35.3 Å². The van der Waals surface area contributed by atoms with Gasteiger partial charge in [0.15, 0.2) is 23.3 Å². The Labute approximate surface area is 145 Å². The second-order valence-corrected chi connectivity index (χ2v) is 6.39. The maximum Gasteiger partial charge on any atom is 0.257 e. The average Bonchev–Trinajstić information content (AvgIpc) is 2.60. The molecule has 26 heavy (non-hydrogen) atoms. The minimum Gasteiger partial charge on any atom is -0.365 e. The molecule has 0 radical (unpaired) electrons. The minimum atomic E-state index is -2.37. The summed E-state index contributed by atoms with van der Waals surface area (Å²) >= 11 is 0. The van der Waals surface area contributed by atoms with Gasteiger partial charge in [0, 0.05) is 0 Å². The van der Waals surface area contributed by atoms with Gasteiger partial charge in [0.25, 0.3) is 5.91 Å². The number of carbonyl (C=O) groups excluding carboxylic acids is 1. The van der Waals surface area contributed by atoms with Crippen LogP contribution in [0.4, 0.5) is 26.3 Å². The zero-order valence-corrected chi connectivity index (χ0v) is 13.5. The predicted molar refractivity (Wildman–Crippen MR) is 81.6 cm³/mol. The van der Waals surface area contributed by atoms with Crippen LogP contribution < -0.4 is 5.73 Å². The highest BCUT2D eigenvalue weighted by Gasteiger charge is 2.26. The Morgan fingerprint density at radius 2 is 1.35 bits per heavy atom. The summed E-state index contributed by atoms with van der Waals surface area (Å²) in [5.41, 5.74) is 3.85. The molecular weight excluding hydrogens is 384 g/mol. The molecule has 0 saturated heterocycles. The maximum atomic E-state index is 13.7. The van der Waals surface area contributed by atoms with Crippen molar-refractivity contribution in [2.75, 3.05) is 0 Å². The summed E-state index contributed by atoms with van der Waals surface area (Å²) in [7, 11) is -2.29. The number of primary amides is 1. The number of halogens is 6. The molecule has 2 aromatic rings. The van der Waals surface area contributed by atoms with E-state index >= 15 is 0 Å². The molecule has 2 aromatic carbocycles. The van der Waals surface area contributed by atoms with Crippen molar-refractivity contribution in [3.05, 3.63) is 75.2 Å². The van der Waals surface area contributed by atoms with E-state index in [1.54, 1.807) is 0 Å². The fourth-order valence-corrected chi connectivity index (χ4v) is 3.06. The first-order valence-electron chi connectivity index (χ1n) is 6.79. The van der Waals surface area contributed by atoms with E-state index in [0.29, 0.717) is 0 Å². The molecule has 0 aliphatic carbocycles. The van der Waals surface area contributed by atoms with Crippen LogP contribution in [0.15, 0.2) is 29.2 Å². The third-order valence-corrected chi connectivity index (χ3v) is 4.62. The molecule has 2 rings (SSSR count). The highest BCUT2D eigenvalue weighted by molar-refractivity contribution is 7.89. The van der Waals surface area contributed by atoms with Crippen LogP contribution in [0.3, 0.4) is 0 Å². The lowest BCUT2D eigenvalue weighted by molar-refractivity contribution is -0.113. The van der Waals surface area contributed by atoms with Crippen molar-refractivity contribution in [2.45, 2.75) is 5.75 Å². The van der Waals surface area contributed by atoms with Crippen LogP contribution >= 0.6 is 0 Å². The molecule has 3 nitrogen and oxygen atoms in total. The Hall–Kier alpha value is -2.62. The Bertz CT molecular complexity index is 898. The van der Waals surface area contributed by atoms with Crippen LogP contribution in [0.5, 0.6) is 0 Å². The number of hydrogen-bond acceptors (Lipinski definition) is 2. The van der Waals surface area contributed by atoms with Crippen LogP contribution in [0, 0.1) is 34.9 Å². The van der Waals surface area contributed by atoms with Gasteiger partial charge in [-0.1, -0.05) is 12.1 Å². The molecule has 1 atom stereocenters. The molecule has 0 bridgehead atoms. The van der Waals surface area contributed by atoms with E-state index in [9.17, 15) is 35.3 Å². The predicted octanol–water partition coefficient (Wildman–Crippen LogP) is 3.30. The standard InChI is InChI=1S/C16H9F6NO2S/c17-8-3-1-7(2-4-8)6-26(25)10(16(23)24)5-9-11(18)13(20)15(22)14(21)12(9)19/h1-5H,6H2,(H2,23,24)/b10-5-. The number of amides is 1. The van der Waals surface area contributed by atoms with E-state index < -0.39 is 67.8 Å². The van der Waals surface area contributed by atoms with E-state index in [1.165, 1.54) is 12.1 Å². The van der Waals surface area contributed by atoms with E-state index in [2.05, 4.69) is 0 Å². The second-order valence-electron chi connectivity index (χ2n) is 4.97. The van der Waals surface area contributed by atoms with E-state index in [-0.39, 0.29) is 11.6 Å². The summed E-state index contributed by atoms with van der Waals surface area (Å²) in [6.45, 7) is 0. The highest BCUT2D eigenvalue weighted by Crippen LogP contribution is 2.26. The first-order chi connectivity index (χ1) is 12.1. The van der Waals surface area contributed by atoms with Gasteiger partial charge in [-0.15, -0.1) is 0 Å². The van der Waals surface area contributed by atoms with Gasteiger partial charge in [-0.3, -0.25) is 9.00 Å². The largest absolute Gasteiger partial charge is 0.365 e. The fraction of sp³-hybridized carbons (Fsp3) is 0.0625. The third-order valence-electron chi connectivity index (χ3n) is 3.22. The molecule has 0 spiro atoms. The Balaban J connectivity index is 2.49. The third kappa shape index (κ3) is 3.96. The molecule has 0 aromatic heterocycles. The molecule has 1 unspecified atom stereocenters. The summed E-state index contributed by atoms with van der Waals surface area (Å²) < 4.78 is 92.0. The number of hydrogen-bond donors (Lipinski definition) is 1. The lowest BCUT2D eigenvalue weighted by Gasteiger charge is -2.08. The molecule has 1 amide bonds. The smallest absolute Gasteiger partial charge is 0.257 e. The SMILES string of the molecule is NC(=O)/C(=C/c1c(F)c(F)c(F)c(F)c1F)S(=O)Cc1ccc(F)cc1. The van der Waals surface area contributed by atoms with Gasteiger partial charge in [-0.05, 0) is 23.8 Å². The summed E-state index contributed by atoms with van der Waals surface area (Å²) in [4.78, 5) is 10.6. The van der Waals surface area contributed by atoms with Crippen molar-refractivity contribution in [1.29, 1.82) is 0 Å². The molecular formula is C16H9F6NO2S. The lowest BCUT2D eigenvalue weighted by atomic mass is 10.1. The van der Waals surface area contributed by atoms with Gasteiger partial charge in [-0.25, -0.2) is 26.3 Å². The van der Waals surface area contributed by atoms with E-state index in [0.717, 1.165) is 12.1 Å². The molecule has 0 aliphatic rings.